The molecule has 2 heterocycles. The van der Waals surface area contributed by atoms with E-state index < -0.39 is 0 Å². The van der Waals surface area contributed by atoms with Crippen LogP contribution in [0.1, 0.15) is 24.7 Å². The van der Waals surface area contributed by atoms with Gasteiger partial charge in [0, 0.05) is 19.3 Å². The fraction of sp³-hybridized carbons (Fsp3) is 0.500. The Bertz CT molecular complexity index is 561. The van der Waals surface area contributed by atoms with Gasteiger partial charge in [0.15, 0.2) is 11.6 Å². The standard InChI is InChI=1S/C14H21N5O/c1-10-9-11(2)19(17-10)14-6-5-13(15-16-14)18(4)8-7-12(3)20/h5-6,9,12,20H,7-8H2,1-4H3. The van der Waals surface area contributed by atoms with Gasteiger partial charge in [0.1, 0.15) is 0 Å². The van der Waals surface area contributed by atoms with E-state index in [-0.39, 0.29) is 6.10 Å². The third-order valence-corrected chi connectivity index (χ3v) is 3.14. The monoisotopic (exact) mass is 275 g/mol. The highest BCUT2D eigenvalue weighted by Gasteiger charge is 2.08. The minimum Gasteiger partial charge on any atom is -0.393 e. The Morgan fingerprint density at radius 3 is 2.55 bits per heavy atom. The molecule has 0 aliphatic rings. The van der Waals surface area contributed by atoms with Crippen LogP contribution < -0.4 is 4.90 Å². The molecule has 0 amide bonds. The molecule has 1 N–H and O–H groups in total. The summed E-state index contributed by atoms with van der Waals surface area (Å²) in [4.78, 5) is 1.98. The van der Waals surface area contributed by atoms with Crippen LogP contribution in [0, 0.1) is 13.8 Å². The van der Waals surface area contributed by atoms with Gasteiger partial charge in [-0.15, -0.1) is 10.2 Å². The Balaban J connectivity index is 2.12. The minimum absolute atomic E-state index is 0.306. The number of anilines is 1. The molecule has 2 aromatic rings. The lowest BCUT2D eigenvalue weighted by atomic mass is 10.3. The second-order valence-corrected chi connectivity index (χ2v) is 5.15. The first-order chi connectivity index (χ1) is 9.47. The fourth-order valence-electron chi connectivity index (χ4n) is 1.99. The molecule has 0 bridgehead atoms. The van der Waals surface area contributed by atoms with E-state index in [1.165, 1.54) is 0 Å². The summed E-state index contributed by atoms with van der Waals surface area (Å²) in [6.07, 6.45) is 0.400. The Labute approximate surface area is 119 Å². The maximum absolute atomic E-state index is 9.30. The van der Waals surface area contributed by atoms with E-state index in [9.17, 15) is 5.11 Å². The molecule has 6 nitrogen and oxygen atoms in total. The first-order valence-electron chi connectivity index (χ1n) is 6.74. The molecule has 0 radical (unpaired) electrons. The lowest BCUT2D eigenvalue weighted by Gasteiger charge is -2.18. The van der Waals surface area contributed by atoms with Gasteiger partial charge in [-0.3, -0.25) is 0 Å². The van der Waals surface area contributed by atoms with Crippen molar-refractivity contribution >= 4 is 5.82 Å². The second kappa shape index (κ2) is 6.00. The number of aliphatic hydroxyl groups excluding tert-OH is 1. The maximum atomic E-state index is 9.30. The van der Waals surface area contributed by atoms with Crippen molar-refractivity contribution < 1.29 is 5.11 Å². The summed E-state index contributed by atoms with van der Waals surface area (Å²) >= 11 is 0. The molecular formula is C14H21N5O. The highest BCUT2D eigenvalue weighted by Crippen LogP contribution is 2.13. The number of hydrogen-bond acceptors (Lipinski definition) is 5. The molecule has 1 unspecified atom stereocenters. The molecule has 0 aliphatic heterocycles. The molecule has 2 rings (SSSR count). The van der Waals surface area contributed by atoms with Crippen molar-refractivity contribution in [2.75, 3.05) is 18.5 Å². The lowest BCUT2D eigenvalue weighted by Crippen LogP contribution is -2.23. The Hall–Kier alpha value is -1.95. The van der Waals surface area contributed by atoms with Crippen LogP contribution in [0.15, 0.2) is 18.2 Å². The van der Waals surface area contributed by atoms with Gasteiger partial charge >= 0.3 is 0 Å². The zero-order valence-electron chi connectivity index (χ0n) is 12.4. The second-order valence-electron chi connectivity index (χ2n) is 5.15. The summed E-state index contributed by atoms with van der Waals surface area (Å²) in [5.74, 6) is 1.50. The molecule has 0 fully saturated rings. The van der Waals surface area contributed by atoms with Crippen molar-refractivity contribution in [3.8, 4) is 5.82 Å². The van der Waals surface area contributed by atoms with Crippen LogP contribution in [0.2, 0.25) is 0 Å². The van der Waals surface area contributed by atoms with Gasteiger partial charge in [-0.05, 0) is 45.4 Å². The van der Waals surface area contributed by atoms with Crippen molar-refractivity contribution in [3.63, 3.8) is 0 Å². The highest BCUT2D eigenvalue weighted by atomic mass is 16.3. The van der Waals surface area contributed by atoms with Crippen LogP contribution in [0.25, 0.3) is 5.82 Å². The molecule has 0 aromatic carbocycles. The van der Waals surface area contributed by atoms with E-state index in [2.05, 4.69) is 15.3 Å². The van der Waals surface area contributed by atoms with Crippen molar-refractivity contribution in [2.24, 2.45) is 0 Å². The summed E-state index contributed by atoms with van der Waals surface area (Å²) in [6, 6.07) is 5.83. The molecule has 0 saturated carbocycles. The number of aromatic nitrogens is 4. The minimum atomic E-state index is -0.306. The fourth-order valence-corrected chi connectivity index (χ4v) is 1.99. The SMILES string of the molecule is Cc1cc(C)n(-c2ccc(N(C)CCC(C)O)nn2)n1. The Morgan fingerprint density at radius 1 is 1.30 bits per heavy atom. The maximum Gasteiger partial charge on any atom is 0.176 e. The number of aliphatic hydroxyl groups is 1. The highest BCUT2D eigenvalue weighted by molar-refractivity contribution is 5.39. The predicted octanol–water partition coefficient (Wildman–Crippen LogP) is 1.49. The van der Waals surface area contributed by atoms with E-state index in [1.807, 2.05) is 44.0 Å². The molecule has 2 aromatic heterocycles. The molecule has 1 atom stereocenters. The van der Waals surface area contributed by atoms with Crippen LogP contribution in [0.4, 0.5) is 5.82 Å². The van der Waals surface area contributed by atoms with Crippen molar-refractivity contribution in [2.45, 2.75) is 33.3 Å². The lowest BCUT2D eigenvalue weighted by molar-refractivity contribution is 0.187. The van der Waals surface area contributed by atoms with Crippen LogP contribution in [-0.2, 0) is 0 Å². The van der Waals surface area contributed by atoms with Crippen LogP contribution in [0.3, 0.4) is 0 Å². The molecule has 0 saturated heterocycles. The first kappa shape index (κ1) is 14.5. The van der Waals surface area contributed by atoms with Crippen molar-refractivity contribution in [1.29, 1.82) is 0 Å². The van der Waals surface area contributed by atoms with Gasteiger partial charge in [-0.1, -0.05) is 0 Å². The smallest absolute Gasteiger partial charge is 0.176 e. The number of nitrogens with zero attached hydrogens (tertiary/aromatic N) is 5. The summed E-state index contributed by atoms with van der Waals surface area (Å²) < 4.78 is 1.78. The third kappa shape index (κ3) is 3.33. The van der Waals surface area contributed by atoms with E-state index in [0.29, 0.717) is 12.2 Å². The third-order valence-electron chi connectivity index (χ3n) is 3.14. The summed E-state index contributed by atoms with van der Waals surface area (Å²) in [5, 5.41) is 22.1. The summed E-state index contributed by atoms with van der Waals surface area (Å²) in [5.41, 5.74) is 1.99. The van der Waals surface area contributed by atoms with Gasteiger partial charge in [0.05, 0.1) is 11.8 Å². The quantitative estimate of drug-likeness (QED) is 0.895. The topological polar surface area (TPSA) is 67.1 Å². The molecule has 0 spiro atoms. The normalized spacial score (nSPS) is 12.4. The molecule has 20 heavy (non-hydrogen) atoms. The van der Waals surface area contributed by atoms with Gasteiger partial charge in [-0.2, -0.15) is 5.10 Å². The average molecular weight is 275 g/mol. The van der Waals surface area contributed by atoms with Crippen molar-refractivity contribution in [3.05, 3.63) is 29.6 Å². The number of hydrogen-bond donors (Lipinski definition) is 1. The van der Waals surface area contributed by atoms with E-state index in [1.54, 1.807) is 11.6 Å². The van der Waals surface area contributed by atoms with E-state index >= 15 is 0 Å². The Morgan fingerprint density at radius 2 is 2.05 bits per heavy atom. The molecule has 108 valence electrons. The van der Waals surface area contributed by atoms with Crippen LogP contribution in [-0.4, -0.2) is 44.8 Å². The van der Waals surface area contributed by atoms with Crippen molar-refractivity contribution in [1.82, 2.24) is 20.0 Å². The zero-order chi connectivity index (χ0) is 14.7. The zero-order valence-corrected chi connectivity index (χ0v) is 12.4. The molecular weight excluding hydrogens is 254 g/mol. The Kier molecular flexibility index (Phi) is 4.34. The van der Waals surface area contributed by atoms with E-state index in [4.69, 9.17) is 0 Å². The average Bonchev–Trinajstić information content (AvgIpc) is 2.75. The van der Waals surface area contributed by atoms with Crippen LogP contribution >= 0.6 is 0 Å². The van der Waals surface area contributed by atoms with E-state index in [0.717, 1.165) is 23.8 Å². The largest absolute Gasteiger partial charge is 0.393 e. The molecule has 6 heteroatoms. The summed E-state index contributed by atoms with van der Waals surface area (Å²) in [7, 11) is 1.94. The van der Waals surface area contributed by atoms with Gasteiger partial charge in [-0.25, -0.2) is 4.68 Å². The van der Waals surface area contributed by atoms with Gasteiger partial charge < -0.3 is 10.0 Å². The van der Waals surface area contributed by atoms with Crippen LogP contribution in [0.5, 0.6) is 0 Å². The first-order valence-corrected chi connectivity index (χ1v) is 6.74. The predicted molar refractivity (Wildman–Crippen MR) is 78.2 cm³/mol. The van der Waals surface area contributed by atoms with Gasteiger partial charge in [0.25, 0.3) is 0 Å². The number of aryl methyl sites for hydroxylation is 2. The number of rotatable bonds is 5. The summed E-state index contributed by atoms with van der Waals surface area (Å²) in [6.45, 7) is 6.47. The van der Waals surface area contributed by atoms with Gasteiger partial charge in [0.2, 0.25) is 0 Å². The molecule has 0 aliphatic carbocycles.